The molecule has 16 heavy (non-hydrogen) atoms. The third kappa shape index (κ3) is 3.00. The summed E-state index contributed by atoms with van der Waals surface area (Å²) in [5, 5.41) is 0. The Morgan fingerprint density at radius 3 is 2.25 bits per heavy atom. The van der Waals surface area contributed by atoms with Crippen molar-refractivity contribution in [3.63, 3.8) is 0 Å². The van der Waals surface area contributed by atoms with E-state index < -0.39 is 5.92 Å². The molecule has 1 saturated carbocycles. The molecule has 0 saturated heterocycles. The van der Waals surface area contributed by atoms with Crippen LogP contribution in [0.2, 0.25) is 0 Å². The van der Waals surface area contributed by atoms with E-state index in [1.165, 1.54) is 0 Å². The Kier molecular flexibility index (Phi) is 4.84. The Morgan fingerprint density at radius 2 is 1.81 bits per heavy atom. The molecule has 3 heteroatoms. The molecule has 0 aliphatic heterocycles. The zero-order chi connectivity index (χ0) is 12.1. The maximum Gasteiger partial charge on any atom is 0.143 e. The van der Waals surface area contributed by atoms with Crippen LogP contribution in [0.4, 0.5) is 0 Å². The highest BCUT2D eigenvalue weighted by Crippen LogP contribution is 2.30. The number of ketones is 3. The van der Waals surface area contributed by atoms with Crippen LogP contribution in [-0.2, 0) is 14.4 Å². The Hall–Kier alpha value is -0.990. The van der Waals surface area contributed by atoms with Crippen LogP contribution in [0.25, 0.3) is 0 Å². The minimum atomic E-state index is -0.515. The summed E-state index contributed by atoms with van der Waals surface area (Å²) in [5.41, 5.74) is 0. The summed E-state index contributed by atoms with van der Waals surface area (Å²) >= 11 is 0. The third-order valence-corrected chi connectivity index (χ3v) is 3.38. The number of rotatable bonds is 5. The predicted octanol–water partition coefficient (Wildman–Crippen LogP) is 2.32. The molecule has 1 aliphatic rings. The summed E-state index contributed by atoms with van der Waals surface area (Å²) in [4.78, 5) is 34.9. The van der Waals surface area contributed by atoms with Crippen LogP contribution in [0.15, 0.2) is 0 Å². The molecule has 0 aromatic carbocycles. The van der Waals surface area contributed by atoms with E-state index in [0.29, 0.717) is 25.7 Å². The highest BCUT2D eigenvalue weighted by molar-refractivity contribution is 6.03. The SMILES string of the molecule is CCC(=O)C(C(=O)CC)C1CCCC(=O)C1. The zero-order valence-electron chi connectivity index (χ0n) is 10.1. The van der Waals surface area contributed by atoms with Crippen LogP contribution >= 0.6 is 0 Å². The lowest BCUT2D eigenvalue weighted by molar-refractivity contribution is -0.136. The van der Waals surface area contributed by atoms with Crippen LogP contribution in [0, 0.1) is 11.8 Å². The number of carbonyl (C=O) groups excluding carboxylic acids is 3. The van der Waals surface area contributed by atoms with Crippen molar-refractivity contribution in [2.75, 3.05) is 0 Å². The second-order valence-electron chi connectivity index (χ2n) is 4.51. The molecule has 0 N–H and O–H groups in total. The summed E-state index contributed by atoms with van der Waals surface area (Å²) in [6, 6.07) is 0. The number of carbonyl (C=O) groups is 3. The van der Waals surface area contributed by atoms with Gasteiger partial charge >= 0.3 is 0 Å². The molecule has 0 radical (unpaired) electrons. The van der Waals surface area contributed by atoms with Gasteiger partial charge in [-0.25, -0.2) is 0 Å². The summed E-state index contributed by atoms with van der Waals surface area (Å²) in [6.07, 6.45) is 3.48. The van der Waals surface area contributed by atoms with Crippen molar-refractivity contribution in [3.8, 4) is 0 Å². The van der Waals surface area contributed by atoms with Gasteiger partial charge in [0, 0.05) is 25.7 Å². The smallest absolute Gasteiger partial charge is 0.143 e. The van der Waals surface area contributed by atoms with Crippen molar-refractivity contribution in [1.29, 1.82) is 0 Å². The van der Waals surface area contributed by atoms with E-state index in [-0.39, 0.29) is 23.3 Å². The molecule has 1 rings (SSSR count). The molecule has 3 nitrogen and oxygen atoms in total. The standard InChI is InChI=1S/C13H20O3/c1-3-11(15)13(12(16)4-2)9-6-5-7-10(14)8-9/h9,13H,3-8H2,1-2H3. The van der Waals surface area contributed by atoms with Gasteiger partial charge in [-0.05, 0) is 18.8 Å². The van der Waals surface area contributed by atoms with E-state index in [9.17, 15) is 14.4 Å². The minimum absolute atomic E-state index is 0.00606. The third-order valence-electron chi connectivity index (χ3n) is 3.38. The maximum absolute atomic E-state index is 11.8. The highest BCUT2D eigenvalue weighted by Gasteiger charge is 2.35. The molecule has 0 aromatic heterocycles. The minimum Gasteiger partial charge on any atom is -0.300 e. The molecule has 0 aromatic rings. The molecule has 1 fully saturated rings. The Morgan fingerprint density at radius 1 is 1.25 bits per heavy atom. The van der Waals surface area contributed by atoms with Crippen LogP contribution in [0.3, 0.4) is 0 Å². The zero-order valence-corrected chi connectivity index (χ0v) is 10.1. The quantitative estimate of drug-likeness (QED) is 0.673. The van der Waals surface area contributed by atoms with Gasteiger partial charge in [-0.1, -0.05) is 13.8 Å². The molecule has 1 aliphatic carbocycles. The predicted molar refractivity (Wildman–Crippen MR) is 61.1 cm³/mol. The average molecular weight is 224 g/mol. The lowest BCUT2D eigenvalue weighted by Crippen LogP contribution is -2.34. The van der Waals surface area contributed by atoms with Gasteiger partial charge in [-0.15, -0.1) is 0 Å². The van der Waals surface area contributed by atoms with Crippen molar-refractivity contribution in [2.45, 2.75) is 52.4 Å². The maximum atomic E-state index is 11.8. The molecule has 1 atom stereocenters. The molecular weight excluding hydrogens is 204 g/mol. The van der Waals surface area contributed by atoms with E-state index in [4.69, 9.17) is 0 Å². The number of Topliss-reactive ketones (excluding diaryl/α,β-unsaturated/α-hetero) is 3. The monoisotopic (exact) mass is 224 g/mol. The van der Waals surface area contributed by atoms with Crippen LogP contribution in [0.1, 0.15) is 52.4 Å². The first-order chi connectivity index (χ1) is 7.60. The fourth-order valence-electron chi connectivity index (χ4n) is 2.49. The summed E-state index contributed by atoms with van der Waals surface area (Å²) in [7, 11) is 0. The number of hydrogen-bond acceptors (Lipinski definition) is 3. The second-order valence-corrected chi connectivity index (χ2v) is 4.51. The van der Waals surface area contributed by atoms with Gasteiger partial charge < -0.3 is 0 Å². The van der Waals surface area contributed by atoms with E-state index in [2.05, 4.69) is 0 Å². The topological polar surface area (TPSA) is 51.2 Å². The largest absolute Gasteiger partial charge is 0.300 e. The van der Waals surface area contributed by atoms with Crippen molar-refractivity contribution in [3.05, 3.63) is 0 Å². The van der Waals surface area contributed by atoms with Crippen molar-refractivity contribution in [1.82, 2.24) is 0 Å². The van der Waals surface area contributed by atoms with E-state index in [1.54, 1.807) is 13.8 Å². The lowest BCUT2D eigenvalue weighted by atomic mass is 9.74. The van der Waals surface area contributed by atoms with E-state index in [0.717, 1.165) is 12.8 Å². The first kappa shape index (κ1) is 13.1. The highest BCUT2D eigenvalue weighted by atomic mass is 16.2. The first-order valence-electron chi connectivity index (χ1n) is 6.17. The summed E-state index contributed by atoms with van der Waals surface area (Å²) < 4.78 is 0. The van der Waals surface area contributed by atoms with Gasteiger partial charge in [-0.3, -0.25) is 14.4 Å². The van der Waals surface area contributed by atoms with Gasteiger partial charge in [0.25, 0.3) is 0 Å². The molecular formula is C13H20O3. The second kappa shape index (κ2) is 5.92. The summed E-state index contributed by atoms with van der Waals surface area (Å²) in [5.74, 6) is -0.326. The molecule has 0 spiro atoms. The van der Waals surface area contributed by atoms with E-state index in [1.807, 2.05) is 0 Å². The Labute approximate surface area is 96.6 Å². The fourth-order valence-corrected chi connectivity index (χ4v) is 2.49. The van der Waals surface area contributed by atoms with Crippen molar-refractivity contribution in [2.24, 2.45) is 11.8 Å². The van der Waals surface area contributed by atoms with Gasteiger partial charge in [0.15, 0.2) is 0 Å². The van der Waals surface area contributed by atoms with Crippen LogP contribution < -0.4 is 0 Å². The van der Waals surface area contributed by atoms with Crippen LogP contribution in [0.5, 0.6) is 0 Å². The molecule has 90 valence electrons. The van der Waals surface area contributed by atoms with Crippen molar-refractivity contribution < 1.29 is 14.4 Å². The molecule has 1 unspecified atom stereocenters. The van der Waals surface area contributed by atoms with E-state index >= 15 is 0 Å². The molecule has 0 heterocycles. The van der Waals surface area contributed by atoms with Gasteiger partial charge in [0.05, 0.1) is 5.92 Å². The fraction of sp³-hybridized carbons (Fsp3) is 0.769. The Bertz CT molecular complexity index is 278. The lowest BCUT2D eigenvalue weighted by Gasteiger charge is -2.27. The average Bonchev–Trinajstić information content (AvgIpc) is 2.29. The Balaban J connectivity index is 2.78. The normalized spacial score (nSPS) is 21.2. The first-order valence-corrected chi connectivity index (χ1v) is 6.17. The van der Waals surface area contributed by atoms with Gasteiger partial charge in [0.1, 0.15) is 17.3 Å². The number of hydrogen-bond donors (Lipinski definition) is 0. The van der Waals surface area contributed by atoms with Crippen LogP contribution in [-0.4, -0.2) is 17.3 Å². The van der Waals surface area contributed by atoms with Gasteiger partial charge in [0.2, 0.25) is 0 Å². The van der Waals surface area contributed by atoms with Crippen molar-refractivity contribution >= 4 is 17.3 Å². The molecule has 0 bridgehead atoms. The molecule has 0 amide bonds. The summed E-state index contributed by atoms with van der Waals surface area (Å²) in [6.45, 7) is 3.56. The van der Waals surface area contributed by atoms with Gasteiger partial charge in [-0.2, -0.15) is 0 Å².